The minimum atomic E-state index is -0.563. The number of ether oxygens (including phenoxy) is 1. The monoisotopic (exact) mass is 399 g/mol. The standard InChI is InChI=1S/C21H29N5O3/c1-21(2,3)29-20(28)25-12-6-7-16(25)19(27)24-13-9-15(10-14-24)18-23-22-17-8-4-5-11-26(17)18/h4-5,8,11,15-16H,6-7,9-10,12-14H2,1-3H3/t16-/m0/s1. The number of pyridine rings is 1. The Morgan fingerprint density at radius 2 is 1.83 bits per heavy atom. The third-order valence-corrected chi connectivity index (χ3v) is 5.68. The second-order valence-corrected chi connectivity index (χ2v) is 8.92. The number of hydrogen-bond acceptors (Lipinski definition) is 5. The lowest BCUT2D eigenvalue weighted by Gasteiger charge is -2.35. The van der Waals surface area contributed by atoms with Crippen LogP contribution in [0.1, 0.15) is 58.2 Å². The van der Waals surface area contributed by atoms with Gasteiger partial charge in [-0.3, -0.25) is 14.1 Å². The van der Waals surface area contributed by atoms with Crippen LogP contribution in [-0.4, -0.2) is 67.7 Å². The van der Waals surface area contributed by atoms with Crippen LogP contribution in [0.5, 0.6) is 0 Å². The van der Waals surface area contributed by atoms with Crippen LogP contribution in [0.4, 0.5) is 4.79 Å². The fourth-order valence-electron chi connectivity index (χ4n) is 4.27. The van der Waals surface area contributed by atoms with E-state index in [1.54, 1.807) is 4.90 Å². The zero-order chi connectivity index (χ0) is 20.6. The molecule has 0 spiro atoms. The molecule has 0 saturated carbocycles. The van der Waals surface area contributed by atoms with Crippen LogP contribution in [0.3, 0.4) is 0 Å². The van der Waals surface area contributed by atoms with Crippen LogP contribution in [0.2, 0.25) is 0 Å². The summed E-state index contributed by atoms with van der Waals surface area (Å²) in [5.74, 6) is 1.28. The smallest absolute Gasteiger partial charge is 0.410 e. The SMILES string of the molecule is CC(C)(C)OC(=O)N1CCC[C@H]1C(=O)N1CCC(c2nnc3ccccn23)CC1. The molecule has 2 saturated heterocycles. The van der Waals surface area contributed by atoms with Gasteiger partial charge in [0, 0.05) is 31.7 Å². The number of aromatic nitrogens is 3. The molecule has 2 aromatic heterocycles. The summed E-state index contributed by atoms with van der Waals surface area (Å²) in [6.07, 6.45) is 4.82. The maximum absolute atomic E-state index is 13.1. The third-order valence-electron chi connectivity index (χ3n) is 5.68. The van der Waals surface area contributed by atoms with Gasteiger partial charge in [-0.25, -0.2) is 4.79 Å². The maximum atomic E-state index is 13.1. The zero-order valence-electron chi connectivity index (χ0n) is 17.4. The number of likely N-dealkylation sites (tertiary alicyclic amines) is 2. The van der Waals surface area contributed by atoms with Gasteiger partial charge in [-0.05, 0) is 58.6 Å². The molecule has 2 aliphatic heterocycles. The highest BCUT2D eigenvalue weighted by Crippen LogP contribution is 2.29. The molecule has 0 unspecified atom stereocenters. The van der Waals surface area contributed by atoms with E-state index >= 15 is 0 Å². The predicted molar refractivity (Wildman–Crippen MR) is 108 cm³/mol. The van der Waals surface area contributed by atoms with Crippen LogP contribution >= 0.6 is 0 Å². The first-order valence-electron chi connectivity index (χ1n) is 10.4. The first kappa shape index (κ1) is 19.7. The van der Waals surface area contributed by atoms with Crippen LogP contribution < -0.4 is 0 Å². The maximum Gasteiger partial charge on any atom is 0.410 e. The van der Waals surface area contributed by atoms with Gasteiger partial charge in [-0.2, -0.15) is 0 Å². The molecule has 4 rings (SSSR count). The van der Waals surface area contributed by atoms with E-state index < -0.39 is 17.7 Å². The molecular formula is C21H29N5O3. The second-order valence-electron chi connectivity index (χ2n) is 8.92. The summed E-state index contributed by atoms with van der Waals surface area (Å²) in [5.41, 5.74) is 0.284. The average Bonchev–Trinajstić information content (AvgIpc) is 3.33. The van der Waals surface area contributed by atoms with E-state index in [1.165, 1.54) is 0 Å². The van der Waals surface area contributed by atoms with Crippen LogP contribution in [0.15, 0.2) is 24.4 Å². The van der Waals surface area contributed by atoms with E-state index in [2.05, 4.69) is 10.2 Å². The van der Waals surface area contributed by atoms with Gasteiger partial charge in [0.15, 0.2) is 5.65 Å². The fraction of sp³-hybridized carbons (Fsp3) is 0.619. The summed E-state index contributed by atoms with van der Waals surface area (Å²) in [5, 5.41) is 8.62. The van der Waals surface area contributed by atoms with Crippen LogP contribution in [-0.2, 0) is 9.53 Å². The van der Waals surface area contributed by atoms with Crippen molar-refractivity contribution in [3.8, 4) is 0 Å². The molecule has 29 heavy (non-hydrogen) atoms. The van der Waals surface area contributed by atoms with Gasteiger partial charge in [-0.1, -0.05) is 6.07 Å². The molecule has 0 bridgehead atoms. The quantitative estimate of drug-likeness (QED) is 0.776. The minimum Gasteiger partial charge on any atom is -0.444 e. The predicted octanol–water partition coefficient (Wildman–Crippen LogP) is 2.83. The van der Waals surface area contributed by atoms with Gasteiger partial charge in [0.05, 0.1) is 0 Å². The molecule has 4 heterocycles. The molecule has 156 valence electrons. The molecule has 2 aromatic rings. The lowest BCUT2D eigenvalue weighted by Crippen LogP contribution is -2.50. The van der Waals surface area contributed by atoms with E-state index in [4.69, 9.17) is 4.74 Å². The number of piperidine rings is 1. The highest BCUT2D eigenvalue weighted by Gasteiger charge is 2.39. The molecule has 0 N–H and O–H groups in total. The Kier molecular flexibility index (Phi) is 5.19. The van der Waals surface area contributed by atoms with Gasteiger partial charge < -0.3 is 9.64 Å². The van der Waals surface area contributed by atoms with Crippen molar-refractivity contribution in [2.75, 3.05) is 19.6 Å². The molecular weight excluding hydrogens is 370 g/mol. The van der Waals surface area contributed by atoms with Crippen molar-refractivity contribution >= 4 is 17.6 Å². The van der Waals surface area contributed by atoms with Crippen molar-refractivity contribution in [3.63, 3.8) is 0 Å². The first-order valence-corrected chi connectivity index (χ1v) is 10.4. The number of carbonyl (C=O) groups excluding carboxylic acids is 2. The fourth-order valence-corrected chi connectivity index (χ4v) is 4.27. The van der Waals surface area contributed by atoms with Crippen molar-refractivity contribution in [2.24, 2.45) is 0 Å². The van der Waals surface area contributed by atoms with E-state index in [9.17, 15) is 9.59 Å². The Hall–Kier alpha value is -2.64. The normalized spacial score (nSPS) is 21.0. The summed E-state index contributed by atoms with van der Waals surface area (Å²) >= 11 is 0. The molecule has 0 radical (unpaired) electrons. The largest absolute Gasteiger partial charge is 0.444 e. The van der Waals surface area contributed by atoms with Crippen molar-refractivity contribution in [1.29, 1.82) is 0 Å². The van der Waals surface area contributed by atoms with Crippen molar-refractivity contribution in [2.45, 2.75) is 64.0 Å². The van der Waals surface area contributed by atoms with Gasteiger partial charge in [0.2, 0.25) is 5.91 Å². The van der Waals surface area contributed by atoms with Crippen molar-refractivity contribution in [3.05, 3.63) is 30.2 Å². The van der Waals surface area contributed by atoms with Crippen LogP contribution in [0, 0.1) is 0 Å². The minimum absolute atomic E-state index is 0.0397. The molecule has 2 fully saturated rings. The first-order chi connectivity index (χ1) is 13.8. The summed E-state index contributed by atoms with van der Waals surface area (Å²) in [6, 6.07) is 5.47. The molecule has 2 aliphatic rings. The van der Waals surface area contributed by atoms with Gasteiger partial charge in [0.25, 0.3) is 0 Å². The topological polar surface area (TPSA) is 80.0 Å². The Morgan fingerprint density at radius 3 is 2.55 bits per heavy atom. The molecule has 0 aromatic carbocycles. The highest BCUT2D eigenvalue weighted by molar-refractivity contribution is 5.86. The number of carbonyl (C=O) groups is 2. The Balaban J connectivity index is 1.39. The van der Waals surface area contributed by atoms with E-state index in [1.807, 2.05) is 54.5 Å². The second kappa shape index (κ2) is 7.65. The van der Waals surface area contributed by atoms with E-state index in [0.717, 1.165) is 30.7 Å². The Morgan fingerprint density at radius 1 is 1.07 bits per heavy atom. The molecule has 8 heteroatoms. The average molecular weight is 399 g/mol. The summed E-state index contributed by atoms with van der Waals surface area (Å²) in [4.78, 5) is 29.1. The van der Waals surface area contributed by atoms with E-state index in [-0.39, 0.29) is 11.8 Å². The molecule has 2 amide bonds. The highest BCUT2D eigenvalue weighted by atomic mass is 16.6. The lowest BCUT2D eigenvalue weighted by atomic mass is 9.95. The molecule has 0 aliphatic carbocycles. The summed E-state index contributed by atoms with van der Waals surface area (Å²) in [6.45, 7) is 7.45. The summed E-state index contributed by atoms with van der Waals surface area (Å²) < 4.78 is 7.53. The van der Waals surface area contributed by atoms with Gasteiger partial charge in [-0.15, -0.1) is 10.2 Å². The number of hydrogen-bond donors (Lipinski definition) is 0. The zero-order valence-corrected chi connectivity index (χ0v) is 17.4. The number of fused-ring (bicyclic) bond motifs is 1. The molecule has 8 nitrogen and oxygen atoms in total. The number of nitrogens with zero attached hydrogens (tertiary/aromatic N) is 5. The van der Waals surface area contributed by atoms with Gasteiger partial charge in [0.1, 0.15) is 17.5 Å². The third kappa shape index (κ3) is 4.06. The van der Waals surface area contributed by atoms with Gasteiger partial charge >= 0.3 is 6.09 Å². The van der Waals surface area contributed by atoms with E-state index in [0.29, 0.717) is 26.1 Å². The Labute approximate surface area is 170 Å². The molecule has 1 atom stereocenters. The van der Waals surface area contributed by atoms with Crippen molar-refractivity contribution in [1.82, 2.24) is 24.4 Å². The number of rotatable bonds is 2. The van der Waals surface area contributed by atoms with Crippen molar-refractivity contribution < 1.29 is 14.3 Å². The number of amides is 2. The lowest BCUT2D eigenvalue weighted by molar-refractivity contribution is -0.137. The van der Waals surface area contributed by atoms with Crippen LogP contribution in [0.25, 0.3) is 5.65 Å². The summed E-state index contributed by atoms with van der Waals surface area (Å²) in [7, 11) is 0. The Bertz CT molecular complexity index is 895.